The van der Waals surface area contributed by atoms with E-state index in [1.165, 1.54) is 5.56 Å². The van der Waals surface area contributed by atoms with Crippen molar-refractivity contribution in [2.45, 2.75) is 31.0 Å². The lowest BCUT2D eigenvalue weighted by molar-refractivity contribution is 0.325. The molecule has 1 aromatic rings. The van der Waals surface area contributed by atoms with Gasteiger partial charge in [-0.1, -0.05) is 64.8 Å². The van der Waals surface area contributed by atoms with Gasteiger partial charge in [0.05, 0.1) is 4.83 Å². The molecule has 0 heterocycles. The summed E-state index contributed by atoms with van der Waals surface area (Å²) in [5, 5.41) is 0.896. The second-order valence-corrected chi connectivity index (χ2v) is 6.78. The summed E-state index contributed by atoms with van der Waals surface area (Å²) < 4.78 is 5.65. The van der Waals surface area contributed by atoms with Gasteiger partial charge in [-0.05, 0) is 23.1 Å². The molecule has 0 aliphatic heterocycles. The molecule has 0 spiro atoms. The van der Waals surface area contributed by atoms with Crippen LogP contribution in [0.1, 0.15) is 26.3 Å². The standard InChI is InChI=1S/C13H18Br2O/c1-13(2,3)10-4-6-12(7-5-10)16-9-11(15)8-14/h4-7,11H,8-9H2,1-3H3. The fourth-order valence-corrected chi connectivity index (χ4v) is 1.60. The van der Waals surface area contributed by atoms with Crippen molar-refractivity contribution in [3.8, 4) is 5.75 Å². The van der Waals surface area contributed by atoms with Crippen LogP contribution in [0.5, 0.6) is 5.75 Å². The molecule has 0 saturated heterocycles. The second kappa shape index (κ2) is 6.06. The van der Waals surface area contributed by atoms with E-state index in [1.807, 2.05) is 12.1 Å². The van der Waals surface area contributed by atoms with Gasteiger partial charge < -0.3 is 4.74 Å². The molecule has 0 aromatic heterocycles. The molecule has 0 bridgehead atoms. The Labute approximate surface area is 115 Å². The highest BCUT2D eigenvalue weighted by Crippen LogP contribution is 2.24. The lowest BCUT2D eigenvalue weighted by atomic mass is 9.87. The number of hydrogen-bond donors (Lipinski definition) is 0. The molecule has 1 rings (SSSR count). The predicted molar refractivity (Wildman–Crippen MR) is 77.1 cm³/mol. The van der Waals surface area contributed by atoms with E-state index in [4.69, 9.17) is 4.74 Å². The molecule has 1 nitrogen and oxygen atoms in total. The number of rotatable bonds is 4. The first-order valence-electron chi connectivity index (χ1n) is 5.37. The minimum Gasteiger partial charge on any atom is -0.492 e. The van der Waals surface area contributed by atoms with Gasteiger partial charge in [-0.25, -0.2) is 0 Å². The fourth-order valence-electron chi connectivity index (χ4n) is 1.28. The van der Waals surface area contributed by atoms with Crippen molar-refractivity contribution >= 4 is 31.9 Å². The zero-order valence-corrected chi connectivity index (χ0v) is 13.1. The minimum atomic E-state index is 0.201. The Bertz CT molecular complexity index is 314. The summed E-state index contributed by atoms with van der Waals surface area (Å²) in [6.07, 6.45) is 0. The van der Waals surface area contributed by atoms with Gasteiger partial charge >= 0.3 is 0 Å². The number of alkyl halides is 2. The van der Waals surface area contributed by atoms with Gasteiger partial charge in [-0.15, -0.1) is 0 Å². The first kappa shape index (κ1) is 14.0. The molecular weight excluding hydrogens is 332 g/mol. The monoisotopic (exact) mass is 348 g/mol. The zero-order chi connectivity index (χ0) is 12.2. The SMILES string of the molecule is CC(C)(C)c1ccc(OCC(Br)CBr)cc1. The maximum atomic E-state index is 5.65. The summed E-state index contributed by atoms with van der Waals surface area (Å²) >= 11 is 6.91. The summed E-state index contributed by atoms with van der Waals surface area (Å²) in [6, 6.07) is 8.34. The summed E-state index contributed by atoms with van der Waals surface area (Å²) in [4.78, 5) is 0.356. The van der Waals surface area contributed by atoms with Crippen LogP contribution in [0.4, 0.5) is 0 Å². The van der Waals surface area contributed by atoms with Crippen LogP contribution >= 0.6 is 31.9 Å². The minimum absolute atomic E-state index is 0.201. The van der Waals surface area contributed by atoms with Crippen molar-refractivity contribution in [1.82, 2.24) is 0 Å². The van der Waals surface area contributed by atoms with Gasteiger partial charge in [0.2, 0.25) is 0 Å². The summed E-state index contributed by atoms with van der Waals surface area (Å²) in [5.41, 5.74) is 1.53. The third kappa shape index (κ3) is 4.46. The molecule has 0 fully saturated rings. The van der Waals surface area contributed by atoms with E-state index in [-0.39, 0.29) is 5.41 Å². The Kier molecular flexibility index (Phi) is 5.32. The van der Waals surface area contributed by atoms with Crippen molar-refractivity contribution in [3.63, 3.8) is 0 Å². The lowest BCUT2D eigenvalue weighted by Crippen LogP contribution is -2.13. The van der Waals surface area contributed by atoms with E-state index in [9.17, 15) is 0 Å². The van der Waals surface area contributed by atoms with Gasteiger partial charge in [0, 0.05) is 5.33 Å². The van der Waals surface area contributed by atoms with Crippen LogP contribution in [0, 0.1) is 0 Å². The predicted octanol–water partition coefficient (Wildman–Crippen LogP) is 4.52. The fraction of sp³-hybridized carbons (Fsp3) is 0.538. The van der Waals surface area contributed by atoms with Crippen LogP contribution in [-0.2, 0) is 5.41 Å². The van der Waals surface area contributed by atoms with Crippen LogP contribution in [0.3, 0.4) is 0 Å². The van der Waals surface area contributed by atoms with Crippen LogP contribution < -0.4 is 4.74 Å². The van der Waals surface area contributed by atoms with E-state index in [1.54, 1.807) is 0 Å². The van der Waals surface area contributed by atoms with Crippen molar-refractivity contribution in [3.05, 3.63) is 29.8 Å². The molecule has 90 valence electrons. The molecule has 0 radical (unpaired) electrons. The molecule has 0 amide bonds. The van der Waals surface area contributed by atoms with E-state index in [0.717, 1.165) is 11.1 Å². The maximum Gasteiger partial charge on any atom is 0.119 e. The van der Waals surface area contributed by atoms with Gasteiger partial charge in [-0.2, -0.15) is 0 Å². The maximum absolute atomic E-state index is 5.65. The molecule has 0 aliphatic rings. The largest absolute Gasteiger partial charge is 0.492 e. The topological polar surface area (TPSA) is 9.23 Å². The third-order valence-electron chi connectivity index (χ3n) is 2.32. The highest BCUT2D eigenvalue weighted by atomic mass is 79.9. The van der Waals surface area contributed by atoms with Crippen LogP contribution in [0.2, 0.25) is 0 Å². The van der Waals surface area contributed by atoms with E-state index < -0.39 is 0 Å². The van der Waals surface area contributed by atoms with Gasteiger partial charge in [0.25, 0.3) is 0 Å². The normalized spacial score (nSPS) is 13.6. The van der Waals surface area contributed by atoms with Crippen LogP contribution in [-0.4, -0.2) is 16.8 Å². The highest BCUT2D eigenvalue weighted by Gasteiger charge is 2.13. The van der Waals surface area contributed by atoms with Crippen molar-refractivity contribution in [2.75, 3.05) is 11.9 Å². The van der Waals surface area contributed by atoms with Gasteiger partial charge in [-0.3, -0.25) is 0 Å². The number of hydrogen-bond acceptors (Lipinski definition) is 1. The highest BCUT2D eigenvalue weighted by molar-refractivity contribution is 9.12. The van der Waals surface area contributed by atoms with E-state index in [2.05, 4.69) is 64.8 Å². The smallest absolute Gasteiger partial charge is 0.119 e. The average Bonchev–Trinajstić information content (AvgIpc) is 2.25. The Morgan fingerprint density at radius 3 is 2.19 bits per heavy atom. The molecule has 16 heavy (non-hydrogen) atoms. The molecule has 0 aliphatic carbocycles. The summed E-state index contributed by atoms with van der Waals surface area (Å²) in [5.74, 6) is 0.929. The number of benzene rings is 1. The summed E-state index contributed by atoms with van der Waals surface area (Å²) in [6.45, 7) is 7.31. The Morgan fingerprint density at radius 1 is 1.19 bits per heavy atom. The first-order chi connectivity index (χ1) is 7.43. The number of halogens is 2. The van der Waals surface area contributed by atoms with E-state index >= 15 is 0 Å². The Morgan fingerprint density at radius 2 is 1.75 bits per heavy atom. The van der Waals surface area contributed by atoms with E-state index in [0.29, 0.717) is 11.4 Å². The molecule has 3 heteroatoms. The van der Waals surface area contributed by atoms with Crippen LogP contribution in [0.15, 0.2) is 24.3 Å². The van der Waals surface area contributed by atoms with Gasteiger partial charge in [0.15, 0.2) is 0 Å². The average molecular weight is 350 g/mol. The van der Waals surface area contributed by atoms with Crippen molar-refractivity contribution in [2.24, 2.45) is 0 Å². The Hall–Kier alpha value is -0.0200. The van der Waals surface area contributed by atoms with Crippen LogP contribution in [0.25, 0.3) is 0 Å². The van der Waals surface area contributed by atoms with Crippen molar-refractivity contribution < 1.29 is 4.74 Å². The molecule has 1 aromatic carbocycles. The summed E-state index contributed by atoms with van der Waals surface area (Å²) in [7, 11) is 0. The molecule has 0 N–H and O–H groups in total. The van der Waals surface area contributed by atoms with Crippen molar-refractivity contribution in [1.29, 1.82) is 0 Å². The quantitative estimate of drug-likeness (QED) is 0.726. The zero-order valence-electron chi connectivity index (χ0n) is 9.97. The third-order valence-corrected chi connectivity index (χ3v) is 4.56. The first-order valence-corrected chi connectivity index (χ1v) is 7.40. The molecular formula is C13H18Br2O. The molecule has 0 saturated carbocycles. The molecule has 1 atom stereocenters. The molecule has 1 unspecified atom stereocenters. The Balaban J connectivity index is 2.58. The van der Waals surface area contributed by atoms with Gasteiger partial charge in [0.1, 0.15) is 12.4 Å². The number of ether oxygens (including phenoxy) is 1. The lowest BCUT2D eigenvalue weighted by Gasteiger charge is -2.19. The second-order valence-electron chi connectivity index (χ2n) is 4.84.